The number of aliphatic hydroxyl groups is 3. The molecule has 3 atom stereocenters. The number of hydrazone groups is 1. The van der Waals surface area contributed by atoms with E-state index in [0.29, 0.717) is 25.2 Å². The Labute approximate surface area is 163 Å². The molecular formula is C17H31FN6O4. The fourth-order valence-electron chi connectivity index (χ4n) is 3.27. The van der Waals surface area contributed by atoms with Gasteiger partial charge in [-0.15, -0.1) is 0 Å². The Morgan fingerprint density at radius 3 is 2.43 bits per heavy atom. The Morgan fingerprint density at radius 1 is 1.21 bits per heavy atom. The SMILES string of the molecule is CC(O)C1=NN(C(C)C)C(O)N1CCCC(C)n1nc(CF)n(CCO)c1=O. The summed E-state index contributed by atoms with van der Waals surface area (Å²) in [5.74, 6) is 0.398. The summed E-state index contributed by atoms with van der Waals surface area (Å²) in [6.07, 6.45) is -0.621. The molecule has 0 spiro atoms. The normalized spacial score (nSPS) is 19.5. The average Bonchev–Trinajstić information content (AvgIpc) is 3.13. The van der Waals surface area contributed by atoms with Gasteiger partial charge in [0.1, 0.15) is 12.8 Å². The van der Waals surface area contributed by atoms with E-state index in [0.717, 1.165) is 4.57 Å². The first-order valence-electron chi connectivity index (χ1n) is 9.57. The predicted molar refractivity (Wildman–Crippen MR) is 101 cm³/mol. The van der Waals surface area contributed by atoms with E-state index in [1.807, 2.05) is 20.8 Å². The third kappa shape index (κ3) is 4.53. The van der Waals surface area contributed by atoms with Gasteiger partial charge >= 0.3 is 5.69 Å². The first-order valence-corrected chi connectivity index (χ1v) is 9.57. The van der Waals surface area contributed by atoms with Crippen LogP contribution in [-0.2, 0) is 13.2 Å². The Balaban J connectivity index is 2.03. The minimum Gasteiger partial charge on any atom is -0.395 e. The molecule has 2 heterocycles. The van der Waals surface area contributed by atoms with Crippen LogP contribution in [0.15, 0.2) is 9.90 Å². The second-order valence-electron chi connectivity index (χ2n) is 7.29. The minimum absolute atomic E-state index is 0.00281. The lowest BCUT2D eigenvalue weighted by Gasteiger charge is -2.30. The maximum Gasteiger partial charge on any atom is 0.346 e. The molecule has 0 bridgehead atoms. The molecule has 0 aromatic carbocycles. The molecule has 3 N–H and O–H groups in total. The predicted octanol–water partition coefficient (Wildman–Crippen LogP) is -0.156. The quantitative estimate of drug-likeness (QED) is 0.498. The van der Waals surface area contributed by atoms with E-state index in [1.165, 1.54) is 9.69 Å². The lowest BCUT2D eigenvalue weighted by atomic mass is 10.1. The number of hydrogen-bond donors (Lipinski definition) is 3. The molecule has 28 heavy (non-hydrogen) atoms. The largest absolute Gasteiger partial charge is 0.395 e. The van der Waals surface area contributed by atoms with E-state index >= 15 is 0 Å². The number of aromatic nitrogens is 3. The van der Waals surface area contributed by atoms with Crippen LogP contribution in [0, 0.1) is 0 Å². The van der Waals surface area contributed by atoms with E-state index in [1.54, 1.807) is 11.8 Å². The van der Waals surface area contributed by atoms with Gasteiger partial charge in [-0.3, -0.25) is 4.57 Å². The van der Waals surface area contributed by atoms with Crippen molar-refractivity contribution in [2.75, 3.05) is 13.2 Å². The van der Waals surface area contributed by atoms with Crippen molar-refractivity contribution in [2.24, 2.45) is 5.10 Å². The van der Waals surface area contributed by atoms with Gasteiger partial charge in [-0.05, 0) is 40.5 Å². The molecule has 0 aliphatic carbocycles. The maximum absolute atomic E-state index is 13.1. The topological polar surface area (TPSA) is 119 Å². The third-order valence-corrected chi connectivity index (χ3v) is 4.77. The number of rotatable bonds is 10. The number of amidine groups is 1. The van der Waals surface area contributed by atoms with Gasteiger partial charge in [0.15, 0.2) is 11.7 Å². The van der Waals surface area contributed by atoms with E-state index < -0.39 is 24.8 Å². The number of aliphatic hydroxyl groups excluding tert-OH is 3. The number of nitrogens with zero attached hydrogens (tertiary/aromatic N) is 6. The first-order chi connectivity index (χ1) is 13.2. The molecule has 0 saturated heterocycles. The molecule has 160 valence electrons. The fourth-order valence-corrected chi connectivity index (χ4v) is 3.27. The molecule has 1 aromatic heterocycles. The van der Waals surface area contributed by atoms with Crippen LogP contribution in [0.3, 0.4) is 0 Å². The van der Waals surface area contributed by atoms with E-state index in [-0.39, 0.29) is 31.1 Å². The minimum atomic E-state index is -0.954. The molecular weight excluding hydrogens is 371 g/mol. The molecule has 0 saturated carbocycles. The maximum atomic E-state index is 13.1. The van der Waals surface area contributed by atoms with Crippen molar-refractivity contribution in [3.05, 3.63) is 16.3 Å². The Bertz CT molecular complexity index is 732. The zero-order valence-electron chi connectivity index (χ0n) is 16.9. The van der Waals surface area contributed by atoms with Gasteiger partial charge in [0.25, 0.3) is 0 Å². The standard InChI is InChI=1S/C17H31FN6O4/c1-11(2)23-17(28)22(15(20-23)13(4)26)7-5-6-12(3)24-16(27)21(8-9-25)14(10-18)19-24/h11-13,17,25-26,28H,5-10H2,1-4H3. The van der Waals surface area contributed by atoms with Crippen LogP contribution in [-0.4, -0.2) is 77.1 Å². The van der Waals surface area contributed by atoms with Crippen LogP contribution in [0.5, 0.6) is 0 Å². The fraction of sp³-hybridized carbons (Fsp3) is 0.824. The number of alkyl halides is 1. The van der Waals surface area contributed by atoms with Crippen LogP contribution in [0.2, 0.25) is 0 Å². The summed E-state index contributed by atoms with van der Waals surface area (Å²) >= 11 is 0. The van der Waals surface area contributed by atoms with Crippen LogP contribution in [0.25, 0.3) is 0 Å². The molecule has 0 fully saturated rings. The van der Waals surface area contributed by atoms with Crippen molar-refractivity contribution in [2.45, 2.75) is 78.3 Å². The molecule has 2 rings (SSSR count). The summed E-state index contributed by atoms with van der Waals surface area (Å²) < 4.78 is 15.5. The van der Waals surface area contributed by atoms with Crippen molar-refractivity contribution < 1.29 is 19.7 Å². The molecule has 1 aliphatic heterocycles. The Hall–Kier alpha value is -1.98. The van der Waals surface area contributed by atoms with Crippen LogP contribution in [0.4, 0.5) is 4.39 Å². The Kier molecular flexibility index (Phi) is 7.55. The van der Waals surface area contributed by atoms with Crippen LogP contribution in [0.1, 0.15) is 52.4 Å². The van der Waals surface area contributed by atoms with E-state index in [4.69, 9.17) is 5.11 Å². The van der Waals surface area contributed by atoms with Gasteiger partial charge in [0, 0.05) is 12.6 Å². The average molecular weight is 402 g/mol. The highest BCUT2D eigenvalue weighted by molar-refractivity contribution is 5.87. The van der Waals surface area contributed by atoms with Crippen LogP contribution >= 0.6 is 0 Å². The van der Waals surface area contributed by atoms with Crippen molar-refractivity contribution in [1.82, 2.24) is 24.3 Å². The summed E-state index contributed by atoms with van der Waals surface area (Å²) in [5.41, 5.74) is -0.451. The number of hydrogen-bond acceptors (Lipinski definition) is 8. The second-order valence-corrected chi connectivity index (χ2v) is 7.29. The highest BCUT2D eigenvalue weighted by atomic mass is 19.1. The van der Waals surface area contributed by atoms with Crippen molar-refractivity contribution in [1.29, 1.82) is 0 Å². The molecule has 10 nitrogen and oxygen atoms in total. The highest BCUT2D eigenvalue weighted by Gasteiger charge is 2.35. The molecule has 3 unspecified atom stereocenters. The van der Waals surface area contributed by atoms with Gasteiger partial charge in [0.05, 0.1) is 19.2 Å². The summed E-state index contributed by atoms with van der Waals surface area (Å²) in [5, 5.41) is 39.4. The molecule has 1 aliphatic rings. The van der Waals surface area contributed by atoms with Gasteiger partial charge in [-0.25, -0.2) is 18.9 Å². The van der Waals surface area contributed by atoms with E-state index in [2.05, 4.69) is 10.2 Å². The van der Waals surface area contributed by atoms with Gasteiger partial charge in [-0.2, -0.15) is 10.2 Å². The zero-order valence-corrected chi connectivity index (χ0v) is 16.9. The first kappa shape index (κ1) is 22.3. The summed E-state index contributed by atoms with van der Waals surface area (Å²) in [6.45, 7) is 6.48. The van der Waals surface area contributed by atoms with Crippen molar-refractivity contribution >= 4 is 5.84 Å². The smallest absolute Gasteiger partial charge is 0.346 e. The van der Waals surface area contributed by atoms with Gasteiger partial charge < -0.3 is 20.2 Å². The van der Waals surface area contributed by atoms with Crippen LogP contribution < -0.4 is 5.69 Å². The zero-order chi connectivity index (χ0) is 21.0. The highest BCUT2D eigenvalue weighted by Crippen LogP contribution is 2.21. The third-order valence-electron chi connectivity index (χ3n) is 4.77. The monoisotopic (exact) mass is 402 g/mol. The molecule has 11 heteroatoms. The lowest BCUT2D eigenvalue weighted by Crippen LogP contribution is -2.46. The summed E-state index contributed by atoms with van der Waals surface area (Å²) in [4.78, 5) is 14.0. The summed E-state index contributed by atoms with van der Waals surface area (Å²) in [7, 11) is 0. The van der Waals surface area contributed by atoms with Crippen molar-refractivity contribution in [3.8, 4) is 0 Å². The molecule has 0 amide bonds. The second kappa shape index (κ2) is 9.48. The van der Waals surface area contributed by atoms with Gasteiger partial charge in [0.2, 0.25) is 6.35 Å². The van der Waals surface area contributed by atoms with Crippen molar-refractivity contribution in [3.63, 3.8) is 0 Å². The molecule has 0 radical (unpaired) electrons. The van der Waals surface area contributed by atoms with Gasteiger partial charge in [-0.1, -0.05) is 0 Å². The number of halogens is 1. The Morgan fingerprint density at radius 2 is 1.89 bits per heavy atom. The van der Waals surface area contributed by atoms with E-state index in [9.17, 15) is 19.4 Å². The summed E-state index contributed by atoms with van der Waals surface area (Å²) in [6, 6.07) is -0.313. The molecule has 1 aromatic rings. The lowest BCUT2D eigenvalue weighted by molar-refractivity contribution is -0.0747.